The molecule has 2 aromatic rings. The van der Waals surface area contributed by atoms with Crippen molar-refractivity contribution < 1.29 is 4.79 Å². The van der Waals surface area contributed by atoms with E-state index in [9.17, 15) is 10.1 Å². The van der Waals surface area contributed by atoms with E-state index in [0.29, 0.717) is 34.4 Å². The Balaban J connectivity index is 2.19. The molecule has 5 nitrogen and oxygen atoms in total. The highest BCUT2D eigenvalue weighted by Crippen LogP contribution is 2.22. The molecule has 1 amide bonds. The van der Waals surface area contributed by atoms with Crippen LogP contribution >= 0.6 is 11.6 Å². The van der Waals surface area contributed by atoms with Crippen molar-refractivity contribution in [3.63, 3.8) is 0 Å². The van der Waals surface area contributed by atoms with Crippen LogP contribution in [0, 0.1) is 17.2 Å². The number of carbonyl (C=O) groups is 1. The normalized spacial score (nSPS) is 10.6. The maximum absolute atomic E-state index is 12.3. The van der Waals surface area contributed by atoms with Gasteiger partial charge in [0.25, 0.3) is 0 Å². The second-order valence-electron chi connectivity index (χ2n) is 5.78. The number of carbonyl (C=O) groups excluding carboxylic acids is 1. The van der Waals surface area contributed by atoms with Crippen molar-refractivity contribution in [2.75, 3.05) is 11.1 Å². The van der Waals surface area contributed by atoms with Crippen molar-refractivity contribution in [3.8, 4) is 6.07 Å². The lowest BCUT2D eigenvalue weighted by Crippen LogP contribution is -2.21. The lowest BCUT2D eigenvalue weighted by Gasteiger charge is -2.13. The van der Waals surface area contributed by atoms with E-state index < -0.39 is 0 Å². The number of hydrogen-bond acceptors (Lipinski definition) is 3. The van der Waals surface area contributed by atoms with Gasteiger partial charge >= 0.3 is 0 Å². The summed E-state index contributed by atoms with van der Waals surface area (Å²) in [7, 11) is 0. The Morgan fingerprint density at radius 3 is 2.61 bits per heavy atom. The maximum Gasteiger partial charge on any atom is 0.244 e. The molecule has 0 atom stereocenters. The summed E-state index contributed by atoms with van der Waals surface area (Å²) in [5.41, 5.74) is 8.41. The highest BCUT2D eigenvalue weighted by Gasteiger charge is 2.16. The molecule has 0 saturated heterocycles. The number of halogens is 1. The number of rotatable bonds is 5. The molecule has 0 unspecified atom stereocenters. The molecule has 1 heterocycles. The summed E-state index contributed by atoms with van der Waals surface area (Å²) in [5.74, 6) is 0.154. The first-order chi connectivity index (χ1) is 10.9. The van der Waals surface area contributed by atoms with E-state index in [1.54, 1.807) is 34.9 Å². The third-order valence-corrected chi connectivity index (χ3v) is 3.64. The van der Waals surface area contributed by atoms with Gasteiger partial charge in [0.2, 0.25) is 5.91 Å². The first-order valence-corrected chi connectivity index (χ1v) is 7.72. The van der Waals surface area contributed by atoms with Crippen LogP contribution in [0.4, 0.5) is 11.4 Å². The van der Waals surface area contributed by atoms with Crippen LogP contribution < -0.4 is 11.1 Å². The van der Waals surface area contributed by atoms with Crippen LogP contribution in [0.2, 0.25) is 5.02 Å². The molecule has 2 rings (SSSR count). The van der Waals surface area contributed by atoms with Crippen molar-refractivity contribution >= 4 is 28.9 Å². The molecule has 120 valence electrons. The van der Waals surface area contributed by atoms with E-state index in [4.69, 9.17) is 17.3 Å². The Kier molecular flexibility index (Phi) is 5.30. The van der Waals surface area contributed by atoms with Crippen molar-refractivity contribution in [2.45, 2.75) is 26.8 Å². The number of anilines is 2. The SMILES string of the molecule is CC(C)Cc1c(N)cc(C#N)n1CC(=O)Nc1ccc(Cl)cc1. The first kappa shape index (κ1) is 16.9. The van der Waals surface area contributed by atoms with Crippen LogP contribution in [0.15, 0.2) is 30.3 Å². The standard InChI is InChI=1S/C17H19ClN4O/c1-11(2)7-16-15(20)8-14(9-19)22(16)10-17(23)21-13-5-3-12(18)4-6-13/h3-6,8,11H,7,10,20H2,1-2H3,(H,21,23). The molecule has 0 aliphatic heterocycles. The molecule has 0 spiro atoms. The van der Waals surface area contributed by atoms with Gasteiger partial charge in [0, 0.05) is 16.4 Å². The van der Waals surface area contributed by atoms with E-state index in [0.717, 1.165) is 5.69 Å². The number of nitrogens with one attached hydrogen (secondary N) is 1. The summed E-state index contributed by atoms with van der Waals surface area (Å²) >= 11 is 5.82. The topological polar surface area (TPSA) is 83.8 Å². The van der Waals surface area contributed by atoms with Gasteiger partial charge in [-0.15, -0.1) is 0 Å². The van der Waals surface area contributed by atoms with E-state index in [1.165, 1.54) is 0 Å². The lowest BCUT2D eigenvalue weighted by atomic mass is 10.1. The van der Waals surface area contributed by atoms with Gasteiger partial charge in [0.05, 0.1) is 5.69 Å². The highest BCUT2D eigenvalue weighted by molar-refractivity contribution is 6.30. The third-order valence-electron chi connectivity index (χ3n) is 3.39. The number of hydrogen-bond donors (Lipinski definition) is 2. The molecular weight excluding hydrogens is 312 g/mol. The second kappa shape index (κ2) is 7.21. The van der Waals surface area contributed by atoms with Crippen molar-refractivity contribution in [3.05, 3.63) is 46.7 Å². The summed E-state index contributed by atoms with van der Waals surface area (Å²) in [5, 5.41) is 12.6. The van der Waals surface area contributed by atoms with Gasteiger partial charge in [-0.25, -0.2) is 0 Å². The van der Waals surface area contributed by atoms with E-state index in [2.05, 4.69) is 25.2 Å². The van der Waals surface area contributed by atoms with Crippen LogP contribution in [0.5, 0.6) is 0 Å². The van der Waals surface area contributed by atoms with Crippen molar-refractivity contribution in [1.82, 2.24) is 4.57 Å². The second-order valence-corrected chi connectivity index (χ2v) is 6.22. The minimum absolute atomic E-state index is 0.0464. The molecule has 1 aromatic carbocycles. The van der Waals surface area contributed by atoms with Crippen LogP contribution in [-0.4, -0.2) is 10.5 Å². The quantitative estimate of drug-likeness (QED) is 0.880. The molecule has 23 heavy (non-hydrogen) atoms. The average Bonchev–Trinajstić information content (AvgIpc) is 2.77. The molecule has 0 fully saturated rings. The van der Waals surface area contributed by atoms with Gasteiger partial charge in [-0.2, -0.15) is 5.26 Å². The average molecular weight is 331 g/mol. The molecule has 1 aromatic heterocycles. The van der Waals surface area contributed by atoms with Crippen LogP contribution in [0.3, 0.4) is 0 Å². The zero-order valence-corrected chi connectivity index (χ0v) is 13.9. The van der Waals surface area contributed by atoms with Crippen LogP contribution in [0.25, 0.3) is 0 Å². The molecule has 6 heteroatoms. The largest absolute Gasteiger partial charge is 0.397 e. The summed E-state index contributed by atoms with van der Waals surface area (Å²) < 4.78 is 1.68. The lowest BCUT2D eigenvalue weighted by molar-refractivity contribution is -0.116. The summed E-state index contributed by atoms with van der Waals surface area (Å²) in [6.45, 7) is 4.18. The zero-order valence-electron chi connectivity index (χ0n) is 13.1. The minimum Gasteiger partial charge on any atom is -0.397 e. The third kappa shape index (κ3) is 4.27. The first-order valence-electron chi connectivity index (χ1n) is 7.34. The fourth-order valence-electron chi connectivity index (χ4n) is 2.38. The monoisotopic (exact) mass is 330 g/mol. The smallest absolute Gasteiger partial charge is 0.244 e. The Labute approximate surface area is 140 Å². The summed E-state index contributed by atoms with van der Waals surface area (Å²) in [4.78, 5) is 12.3. The molecule has 0 aliphatic carbocycles. The number of aromatic nitrogens is 1. The van der Waals surface area contributed by atoms with Gasteiger partial charge in [0.1, 0.15) is 18.3 Å². The number of nitriles is 1. The van der Waals surface area contributed by atoms with E-state index in [-0.39, 0.29) is 12.5 Å². The Morgan fingerprint density at radius 1 is 1.39 bits per heavy atom. The zero-order chi connectivity index (χ0) is 17.0. The number of nitrogens with zero attached hydrogens (tertiary/aromatic N) is 2. The molecule has 3 N–H and O–H groups in total. The molecule has 0 bridgehead atoms. The number of nitrogen functional groups attached to an aromatic ring is 1. The van der Waals surface area contributed by atoms with Crippen LogP contribution in [0.1, 0.15) is 25.2 Å². The van der Waals surface area contributed by atoms with Gasteiger partial charge < -0.3 is 15.6 Å². The van der Waals surface area contributed by atoms with Crippen molar-refractivity contribution in [1.29, 1.82) is 5.26 Å². The van der Waals surface area contributed by atoms with Gasteiger partial charge in [-0.05, 0) is 42.7 Å². The molecule has 0 aliphatic rings. The predicted octanol–water partition coefficient (Wildman–Crippen LogP) is 3.43. The predicted molar refractivity (Wildman–Crippen MR) is 92.2 cm³/mol. The number of nitrogens with two attached hydrogens (primary N) is 1. The maximum atomic E-state index is 12.3. The molecule has 0 saturated carbocycles. The highest BCUT2D eigenvalue weighted by atomic mass is 35.5. The minimum atomic E-state index is -0.218. The summed E-state index contributed by atoms with van der Waals surface area (Å²) in [6, 6.07) is 10.6. The fraction of sp³-hybridized carbons (Fsp3) is 0.294. The Hall–Kier alpha value is -2.45. The van der Waals surface area contributed by atoms with Gasteiger partial charge in [-0.3, -0.25) is 4.79 Å². The van der Waals surface area contributed by atoms with E-state index in [1.807, 2.05) is 0 Å². The van der Waals surface area contributed by atoms with Crippen molar-refractivity contribution in [2.24, 2.45) is 5.92 Å². The Bertz CT molecular complexity index is 741. The summed E-state index contributed by atoms with van der Waals surface area (Å²) in [6.07, 6.45) is 0.710. The van der Waals surface area contributed by atoms with Gasteiger partial charge in [0.15, 0.2) is 0 Å². The molecular formula is C17H19ClN4O. The fourth-order valence-corrected chi connectivity index (χ4v) is 2.50. The molecule has 0 radical (unpaired) electrons. The van der Waals surface area contributed by atoms with E-state index >= 15 is 0 Å². The van der Waals surface area contributed by atoms with Gasteiger partial charge in [-0.1, -0.05) is 25.4 Å². The number of amides is 1. The number of benzene rings is 1. The van der Waals surface area contributed by atoms with Crippen LogP contribution in [-0.2, 0) is 17.8 Å². The Morgan fingerprint density at radius 2 is 2.04 bits per heavy atom.